The molecule has 1 radical (unpaired) electrons. The number of hydrogen-bond acceptors (Lipinski definition) is 3. The minimum atomic E-state index is -1.15. The number of pyridine rings is 1. The van der Waals surface area contributed by atoms with Crippen LogP contribution in [0.15, 0.2) is 77.6 Å². The molecule has 3 N–H and O–H groups in total. The van der Waals surface area contributed by atoms with Crippen LogP contribution in [0.4, 0.5) is 10.5 Å². The van der Waals surface area contributed by atoms with Crippen molar-refractivity contribution in [2.24, 2.45) is 7.05 Å². The Hall–Kier alpha value is -3.10. The van der Waals surface area contributed by atoms with Gasteiger partial charge in [-0.25, -0.2) is 9.59 Å². The Kier molecular flexibility index (Phi) is 8.17. The molecule has 3 aromatic carbocycles. The van der Waals surface area contributed by atoms with E-state index in [4.69, 9.17) is 11.6 Å². The number of carbonyl (C=O) groups excluding carboxylic acids is 1. The monoisotopic (exact) mass is 484 g/mol. The number of carboxylic acid groups (broad SMARTS) is 1. The van der Waals surface area contributed by atoms with Gasteiger partial charge in [0.15, 0.2) is 0 Å². The summed E-state index contributed by atoms with van der Waals surface area (Å²) in [7, 11) is 1.65. The minimum absolute atomic E-state index is 0. The van der Waals surface area contributed by atoms with Crippen LogP contribution in [0.25, 0.3) is 21.9 Å². The summed E-state index contributed by atoms with van der Waals surface area (Å²) in [6, 6.07) is 20.2. The Balaban J connectivity index is 0.00000324. The summed E-state index contributed by atoms with van der Waals surface area (Å²) >= 11 is 6.24. The smallest absolute Gasteiger partial charge is 0.337 e. The van der Waals surface area contributed by atoms with Crippen molar-refractivity contribution in [3.8, 4) is 11.1 Å². The average molecular weight is 485 g/mol. The van der Waals surface area contributed by atoms with Crippen LogP contribution in [0.1, 0.15) is 16.1 Å². The normalized spacial score (nSPS) is 10.4. The molecule has 0 saturated carbocycles. The first-order chi connectivity index (χ1) is 15.9. The summed E-state index contributed by atoms with van der Waals surface area (Å²) in [5, 5.41) is 16.3. The van der Waals surface area contributed by atoms with Gasteiger partial charge in [-0.3, -0.25) is 4.79 Å². The van der Waals surface area contributed by atoms with Crippen LogP contribution in [0.5, 0.6) is 0 Å². The first-order valence-electron chi connectivity index (χ1n) is 10.1. The number of halogens is 1. The first-order valence-corrected chi connectivity index (χ1v) is 10.5. The van der Waals surface area contributed by atoms with E-state index in [2.05, 4.69) is 10.6 Å². The van der Waals surface area contributed by atoms with Crippen LogP contribution in [0, 0.1) is 0 Å². The SMILES string of the molecule is Cn1c(CNC(=O)Nc2ccccc2C(=O)O)c(-c2ccccc2)c2cc(Cl)ccc2c1=O.[Na]. The van der Waals surface area contributed by atoms with Gasteiger partial charge in [-0.2, -0.15) is 0 Å². The molecule has 0 atom stereocenters. The molecule has 0 saturated heterocycles. The molecule has 4 aromatic rings. The molecule has 7 nitrogen and oxygen atoms in total. The number of carbonyl (C=O) groups is 2. The molecule has 0 aliphatic carbocycles. The zero-order valence-corrected chi connectivity index (χ0v) is 21.4. The van der Waals surface area contributed by atoms with Crippen LogP contribution in [-0.2, 0) is 13.6 Å². The van der Waals surface area contributed by atoms with Gasteiger partial charge in [-0.15, -0.1) is 0 Å². The van der Waals surface area contributed by atoms with Gasteiger partial charge >= 0.3 is 12.0 Å². The average Bonchev–Trinajstić information content (AvgIpc) is 2.81. The second kappa shape index (κ2) is 10.9. The van der Waals surface area contributed by atoms with Crippen LogP contribution in [0.3, 0.4) is 0 Å². The van der Waals surface area contributed by atoms with E-state index in [9.17, 15) is 19.5 Å². The summed E-state index contributed by atoms with van der Waals surface area (Å²) < 4.78 is 1.50. The van der Waals surface area contributed by atoms with E-state index >= 15 is 0 Å². The zero-order valence-electron chi connectivity index (χ0n) is 18.6. The van der Waals surface area contributed by atoms with E-state index in [0.717, 1.165) is 11.1 Å². The molecule has 1 heterocycles. The maximum atomic E-state index is 13.0. The Bertz CT molecular complexity index is 1440. The molecule has 34 heavy (non-hydrogen) atoms. The maximum absolute atomic E-state index is 13.0. The van der Waals surface area contributed by atoms with Gasteiger partial charge in [-0.05, 0) is 41.3 Å². The molecular weight excluding hydrogens is 465 g/mol. The number of hydrogen-bond donors (Lipinski definition) is 3. The van der Waals surface area contributed by atoms with Gasteiger partial charge in [0.1, 0.15) is 0 Å². The van der Waals surface area contributed by atoms with E-state index < -0.39 is 12.0 Å². The quantitative estimate of drug-likeness (QED) is 0.363. The van der Waals surface area contributed by atoms with Gasteiger partial charge in [0.25, 0.3) is 5.56 Å². The van der Waals surface area contributed by atoms with Crippen LogP contribution >= 0.6 is 11.6 Å². The number of aromatic nitrogens is 1. The number of nitrogens with zero attached hydrogens (tertiary/aromatic N) is 1. The summed E-state index contributed by atoms with van der Waals surface area (Å²) in [5.74, 6) is -1.15. The molecule has 0 spiro atoms. The Morgan fingerprint density at radius 2 is 1.65 bits per heavy atom. The van der Waals surface area contributed by atoms with Crippen LogP contribution in [-0.4, -0.2) is 51.2 Å². The molecular formula is C25H20ClN3NaO4. The van der Waals surface area contributed by atoms with Crippen molar-refractivity contribution in [1.82, 2.24) is 9.88 Å². The fourth-order valence-corrected chi connectivity index (χ4v) is 3.95. The molecule has 0 fully saturated rings. The topological polar surface area (TPSA) is 100 Å². The molecule has 167 valence electrons. The van der Waals surface area contributed by atoms with Gasteiger partial charge in [0.2, 0.25) is 0 Å². The third-order valence-electron chi connectivity index (χ3n) is 5.36. The molecule has 0 unspecified atom stereocenters. The van der Waals surface area contributed by atoms with Crippen LogP contribution in [0.2, 0.25) is 5.02 Å². The number of rotatable bonds is 5. The van der Waals surface area contributed by atoms with E-state index in [1.807, 2.05) is 30.3 Å². The van der Waals surface area contributed by atoms with Crippen molar-refractivity contribution in [3.05, 3.63) is 99.4 Å². The van der Waals surface area contributed by atoms with Gasteiger partial charge < -0.3 is 20.3 Å². The minimum Gasteiger partial charge on any atom is -0.478 e. The summed E-state index contributed by atoms with van der Waals surface area (Å²) in [6.45, 7) is 0.0273. The number of para-hydroxylation sites is 1. The van der Waals surface area contributed by atoms with E-state index in [1.54, 1.807) is 37.4 Å². The fraction of sp³-hybridized carbons (Fsp3) is 0.0800. The van der Waals surface area contributed by atoms with Crippen molar-refractivity contribution in [2.45, 2.75) is 6.54 Å². The Morgan fingerprint density at radius 1 is 0.971 bits per heavy atom. The number of aromatic carboxylic acids is 1. The molecule has 0 aliphatic heterocycles. The fourth-order valence-electron chi connectivity index (χ4n) is 3.78. The summed E-state index contributed by atoms with van der Waals surface area (Å²) in [4.78, 5) is 37.0. The van der Waals surface area contributed by atoms with Crippen molar-refractivity contribution >= 4 is 69.6 Å². The number of urea groups is 1. The zero-order chi connectivity index (χ0) is 23.5. The van der Waals surface area contributed by atoms with E-state index in [-0.39, 0.29) is 52.9 Å². The third kappa shape index (κ3) is 5.18. The standard InChI is InChI=1S/C25H20ClN3O4.Na/c1-29-21(14-27-25(33)28-20-10-6-5-9-18(20)24(31)32)22(15-7-3-2-4-8-15)19-13-16(26)11-12-17(19)23(29)30;/h2-13H,14H2,1H3,(H,31,32)(H2,27,28,33);. The number of benzene rings is 3. The van der Waals surface area contributed by atoms with Gasteiger partial charge in [-0.1, -0.05) is 54.1 Å². The second-order valence-electron chi connectivity index (χ2n) is 7.40. The van der Waals surface area contributed by atoms with Gasteiger partial charge in [0.05, 0.1) is 17.8 Å². The van der Waals surface area contributed by atoms with Gasteiger partial charge in [0, 0.05) is 58.3 Å². The largest absolute Gasteiger partial charge is 0.478 e. The summed E-state index contributed by atoms with van der Waals surface area (Å²) in [5.41, 5.74) is 2.17. The molecule has 0 aliphatic rings. The molecule has 9 heteroatoms. The maximum Gasteiger partial charge on any atom is 0.337 e. The molecule has 0 bridgehead atoms. The van der Waals surface area contributed by atoms with Crippen molar-refractivity contribution in [3.63, 3.8) is 0 Å². The predicted octanol–water partition coefficient (Wildman–Crippen LogP) is 4.50. The molecule has 4 rings (SSSR count). The van der Waals surface area contributed by atoms with Crippen molar-refractivity contribution in [1.29, 1.82) is 0 Å². The Morgan fingerprint density at radius 3 is 2.35 bits per heavy atom. The number of anilines is 1. The predicted molar refractivity (Wildman–Crippen MR) is 135 cm³/mol. The van der Waals surface area contributed by atoms with Crippen molar-refractivity contribution in [2.75, 3.05) is 5.32 Å². The number of carboxylic acids is 1. The molecule has 2 amide bonds. The number of nitrogens with one attached hydrogen (secondary N) is 2. The number of amides is 2. The van der Waals surface area contributed by atoms with E-state index in [1.165, 1.54) is 16.7 Å². The first kappa shape index (κ1) is 25.5. The van der Waals surface area contributed by atoms with Crippen LogP contribution < -0.4 is 16.2 Å². The van der Waals surface area contributed by atoms with E-state index in [0.29, 0.717) is 21.5 Å². The van der Waals surface area contributed by atoms with Crippen molar-refractivity contribution < 1.29 is 14.7 Å². The third-order valence-corrected chi connectivity index (χ3v) is 5.60. The Labute approximate surface area is 222 Å². The number of fused-ring (bicyclic) bond motifs is 1. The summed E-state index contributed by atoms with van der Waals surface area (Å²) in [6.07, 6.45) is 0. The second-order valence-corrected chi connectivity index (χ2v) is 7.84. The molecule has 1 aromatic heterocycles.